The average Bonchev–Trinajstić information content (AvgIpc) is 3.07. The summed E-state index contributed by atoms with van der Waals surface area (Å²) >= 11 is 0. The van der Waals surface area contributed by atoms with Crippen LogP contribution in [0.2, 0.25) is 0 Å². The van der Waals surface area contributed by atoms with Crippen LogP contribution in [0.15, 0.2) is 24.5 Å². The molecule has 1 N–H and O–H groups in total. The zero-order valence-corrected chi connectivity index (χ0v) is 12.3. The van der Waals surface area contributed by atoms with Crippen LogP contribution >= 0.6 is 0 Å². The number of amides is 1. The van der Waals surface area contributed by atoms with E-state index in [0.717, 1.165) is 51.3 Å². The van der Waals surface area contributed by atoms with E-state index in [2.05, 4.69) is 16.4 Å². The van der Waals surface area contributed by atoms with Gasteiger partial charge in [0, 0.05) is 51.7 Å². The molecule has 5 nitrogen and oxygen atoms in total. The fraction of sp³-hybridized carbons (Fsp3) is 0.625. The third-order valence-corrected chi connectivity index (χ3v) is 4.42. The predicted octanol–water partition coefficient (Wildman–Crippen LogP) is 1.37. The number of rotatable bonds is 4. The van der Waals surface area contributed by atoms with Gasteiger partial charge < -0.3 is 15.0 Å². The third kappa shape index (κ3) is 3.60. The Bertz CT molecular complexity index is 460. The maximum atomic E-state index is 12.6. The van der Waals surface area contributed by atoms with Crippen LogP contribution in [0.3, 0.4) is 0 Å². The van der Waals surface area contributed by atoms with Crippen LogP contribution in [-0.4, -0.2) is 48.6 Å². The number of nitrogens with one attached hydrogen (secondary N) is 1. The molecule has 5 heteroatoms. The number of hydrogen-bond acceptors (Lipinski definition) is 4. The molecule has 0 saturated carbocycles. The molecule has 0 bridgehead atoms. The largest absolute Gasteiger partial charge is 0.381 e. The Balaban J connectivity index is 1.61. The number of pyridine rings is 1. The van der Waals surface area contributed by atoms with E-state index in [1.165, 1.54) is 0 Å². The first-order valence-electron chi connectivity index (χ1n) is 7.82. The molecule has 0 spiro atoms. The highest BCUT2D eigenvalue weighted by atomic mass is 16.5. The molecule has 1 amide bonds. The Morgan fingerprint density at radius 1 is 1.52 bits per heavy atom. The van der Waals surface area contributed by atoms with E-state index in [4.69, 9.17) is 4.74 Å². The van der Waals surface area contributed by atoms with E-state index in [9.17, 15) is 4.79 Å². The molecule has 114 valence electrons. The molecule has 2 aliphatic heterocycles. The zero-order chi connectivity index (χ0) is 14.5. The topological polar surface area (TPSA) is 54.5 Å². The van der Waals surface area contributed by atoms with Crippen LogP contribution in [0.25, 0.3) is 0 Å². The van der Waals surface area contributed by atoms with Gasteiger partial charge in [-0.05, 0) is 30.4 Å². The first kappa shape index (κ1) is 14.5. The molecule has 21 heavy (non-hydrogen) atoms. The highest BCUT2D eigenvalue weighted by Crippen LogP contribution is 2.24. The van der Waals surface area contributed by atoms with Crippen molar-refractivity contribution < 1.29 is 9.53 Å². The van der Waals surface area contributed by atoms with Gasteiger partial charge in [-0.3, -0.25) is 9.78 Å². The van der Waals surface area contributed by atoms with Gasteiger partial charge in [0.1, 0.15) is 0 Å². The molecule has 2 aliphatic rings. The second-order valence-electron chi connectivity index (χ2n) is 5.86. The SMILES string of the molecule is O=C(CCC1CCOC1)N1CCNCC1c1cccnc1. The standard InChI is InChI=1S/C16H23N3O2/c20-16(4-3-13-5-9-21-12-13)19-8-7-18-11-15(19)14-2-1-6-17-10-14/h1-2,6,10,13,15,18H,3-5,7-9,11-12H2. The Kier molecular flexibility index (Phi) is 4.83. The normalized spacial score (nSPS) is 26.0. The van der Waals surface area contributed by atoms with E-state index in [0.29, 0.717) is 12.3 Å². The highest BCUT2D eigenvalue weighted by molar-refractivity contribution is 5.77. The smallest absolute Gasteiger partial charge is 0.223 e. The molecule has 0 aliphatic carbocycles. The molecule has 1 aromatic heterocycles. The van der Waals surface area contributed by atoms with Crippen LogP contribution in [0.1, 0.15) is 30.9 Å². The number of hydrogen-bond donors (Lipinski definition) is 1. The zero-order valence-electron chi connectivity index (χ0n) is 12.3. The minimum Gasteiger partial charge on any atom is -0.381 e. The van der Waals surface area contributed by atoms with E-state index in [1.54, 1.807) is 6.20 Å². The second-order valence-corrected chi connectivity index (χ2v) is 5.86. The quantitative estimate of drug-likeness (QED) is 0.909. The number of carbonyl (C=O) groups is 1. The monoisotopic (exact) mass is 289 g/mol. The summed E-state index contributed by atoms with van der Waals surface area (Å²) in [6, 6.07) is 4.10. The molecule has 1 aromatic rings. The number of piperazine rings is 1. The summed E-state index contributed by atoms with van der Waals surface area (Å²) in [6.07, 6.45) is 6.31. The molecule has 2 unspecified atom stereocenters. The lowest BCUT2D eigenvalue weighted by atomic mass is 10.0. The van der Waals surface area contributed by atoms with Crippen LogP contribution in [-0.2, 0) is 9.53 Å². The molecule has 3 heterocycles. The van der Waals surface area contributed by atoms with Crippen LogP contribution in [0.5, 0.6) is 0 Å². The summed E-state index contributed by atoms with van der Waals surface area (Å²) in [5, 5.41) is 3.37. The molecule has 2 atom stereocenters. The Morgan fingerprint density at radius 3 is 3.24 bits per heavy atom. The molecule has 2 fully saturated rings. The van der Waals surface area contributed by atoms with Gasteiger partial charge in [0.15, 0.2) is 0 Å². The molecule has 0 radical (unpaired) electrons. The first-order chi connectivity index (χ1) is 10.3. The number of carbonyl (C=O) groups excluding carboxylic acids is 1. The van der Waals surface area contributed by atoms with Crippen molar-refractivity contribution in [2.45, 2.75) is 25.3 Å². The van der Waals surface area contributed by atoms with E-state index >= 15 is 0 Å². The van der Waals surface area contributed by atoms with Gasteiger partial charge in [0.2, 0.25) is 5.91 Å². The maximum Gasteiger partial charge on any atom is 0.223 e. The van der Waals surface area contributed by atoms with E-state index in [1.807, 2.05) is 17.2 Å². The minimum atomic E-state index is 0.111. The van der Waals surface area contributed by atoms with Crippen molar-refractivity contribution in [3.8, 4) is 0 Å². The minimum absolute atomic E-state index is 0.111. The number of nitrogens with zero attached hydrogens (tertiary/aromatic N) is 2. The lowest BCUT2D eigenvalue weighted by molar-refractivity contribution is -0.134. The second kappa shape index (κ2) is 7.00. The van der Waals surface area contributed by atoms with Gasteiger partial charge in [-0.25, -0.2) is 0 Å². The average molecular weight is 289 g/mol. The first-order valence-corrected chi connectivity index (χ1v) is 7.82. The number of aromatic nitrogens is 1. The molecule has 2 saturated heterocycles. The molecule has 3 rings (SSSR count). The van der Waals surface area contributed by atoms with Gasteiger partial charge in [0.05, 0.1) is 6.04 Å². The summed E-state index contributed by atoms with van der Waals surface area (Å²) in [5.41, 5.74) is 1.11. The third-order valence-electron chi connectivity index (χ3n) is 4.42. The van der Waals surface area contributed by atoms with Gasteiger partial charge in [-0.1, -0.05) is 6.07 Å². The number of ether oxygens (including phenoxy) is 1. The van der Waals surface area contributed by atoms with Crippen LogP contribution in [0.4, 0.5) is 0 Å². The summed E-state index contributed by atoms with van der Waals surface area (Å²) in [7, 11) is 0. The van der Waals surface area contributed by atoms with Gasteiger partial charge in [-0.2, -0.15) is 0 Å². The van der Waals surface area contributed by atoms with Crippen molar-refractivity contribution >= 4 is 5.91 Å². The van der Waals surface area contributed by atoms with E-state index in [-0.39, 0.29) is 11.9 Å². The Hall–Kier alpha value is -1.46. The molecule has 0 aromatic carbocycles. The van der Waals surface area contributed by atoms with Crippen molar-refractivity contribution in [2.24, 2.45) is 5.92 Å². The van der Waals surface area contributed by atoms with Crippen molar-refractivity contribution in [1.82, 2.24) is 15.2 Å². The Morgan fingerprint density at radius 2 is 2.48 bits per heavy atom. The van der Waals surface area contributed by atoms with E-state index < -0.39 is 0 Å². The lowest BCUT2D eigenvalue weighted by Crippen LogP contribution is -2.48. The Labute approximate surface area is 125 Å². The van der Waals surface area contributed by atoms with Gasteiger partial charge in [0.25, 0.3) is 0 Å². The summed E-state index contributed by atoms with van der Waals surface area (Å²) in [4.78, 5) is 18.8. The van der Waals surface area contributed by atoms with Gasteiger partial charge >= 0.3 is 0 Å². The van der Waals surface area contributed by atoms with Crippen molar-refractivity contribution in [3.05, 3.63) is 30.1 Å². The molecular formula is C16H23N3O2. The maximum absolute atomic E-state index is 12.6. The van der Waals surface area contributed by atoms with Crippen molar-refractivity contribution in [1.29, 1.82) is 0 Å². The fourth-order valence-corrected chi connectivity index (χ4v) is 3.16. The summed E-state index contributed by atoms with van der Waals surface area (Å²) < 4.78 is 5.38. The summed E-state index contributed by atoms with van der Waals surface area (Å²) in [5.74, 6) is 0.825. The van der Waals surface area contributed by atoms with Crippen molar-refractivity contribution in [3.63, 3.8) is 0 Å². The van der Waals surface area contributed by atoms with Crippen LogP contribution in [0, 0.1) is 5.92 Å². The van der Waals surface area contributed by atoms with Gasteiger partial charge in [-0.15, -0.1) is 0 Å². The van der Waals surface area contributed by atoms with Crippen molar-refractivity contribution in [2.75, 3.05) is 32.8 Å². The highest BCUT2D eigenvalue weighted by Gasteiger charge is 2.28. The molecular weight excluding hydrogens is 266 g/mol. The summed E-state index contributed by atoms with van der Waals surface area (Å²) in [6.45, 7) is 4.13. The fourth-order valence-electron chi connectivity index (χ4n) is 3.16. The lowest BCUT2D eigenvalue weighted by Gasteiger charge is -2.36. The van der Waals surface area contributed by atoms with Crippen LogP contribution < -0.4 is 5.32 Å². The predicted molar refractivity (Wildman–Crippen MR) is 79.7 cm³/mol.